The van der Waals surface area contributed by atoms with E-state index in [-0.39, 0.29) is 0 Å². The molecule has 1 aromatic carbocycles. The molecule has 0 aliphatic carbocycles. The predicted octanol–water partition coefficient (Wildman–Crippen LogP) is 4.34. The standard InChI is InChI=1S/C12H17NS2/c1-4-9(2)12(15-13)14-11-8-6-5-7-10(11)3/h5-8H,4,13H2,1-3H3. The van der Waals surface area contributed by atoms with Crippen molar-refractivity contribution in [3.63, 3.8) is 0 Å². The summed E-state index contributed by atoms with van der Waals surface area (Å²) in [6.45, 7) is 6.42. The third-order valence-corrected chi connectivity index (χ3v) is 4.60. The Kier molecular flexibility index (Phi) is 5.29. The Bertz CT molecular complexity index is 358. The molecule has 3 heteroatoms. The van der Waals surface area contributed by atoms with Gasteiger partial charge in [-0.05, 0) is 43.8 Å². The second-order valence-electron chi connectivity index (χ2n) is 3.41. The van der Waals surface area contributed by atoms with Crippen molar-refractivity contribution < 1.29 is 0 Å². The molecule has 0 atom stereocenters. The van der Waals surface area contributed by atoms with E-state index in [1.165, 1.54) is 32.2 Å². The summed E-state index contributed by atoms with van der Waals surface area (Å²) in [6, 6.07) is 8.39. The van der Waals surface area contributed by atoms with Crippen molar-refractivity contribution in [2.24, 2.45) is 5.14 Å². The highest BCUT2D eigenvalue weighted by Gasteiger charge is 2.05. The fraction of sp³-hybridized carbons (Fsp3) is 0.333. The third kappa shape index (κ3) is 3.59. The molecule has 1 aromatic rings. The Hall–Kier alpha value is -0.380. The zero-order chi connectivity index (χ0) is 11.3. The van der Waals surface area contributed by atoms with Gasteiger partial charge in [0.1, 0.15) is 0 Å². The molecule has 0 saturated carbocycles. The maximum absolute atomic E-state index is 5.69. The van der Waals surface area contributed by atoms with Gasteiger partial charge in [-0.3, -0.25) is 5.14 Å². The molecular formula is C12H17NS2. The van der Waals surface area contributed by atoms with Gasteiger partial charge in [0, 0.05) is 4.90 Å². The fourth-order valence-electron chi connectivity index (χ4n) is 1.13. The fourth-order valence-corrected chi connectivity index (χ4v) is 2.83. The van der Waals surface area contributed by atoms with Gasteiger partial charge in [-0.25, -0.2) is 0 Å². The van der Waals surface area contributed by atoms with Gasteiger partial charge in [0.2, 0.25) is 0 Å². The number of nitrogens with two attached hydrogens (primary N) is 1. The maximum Gasteiger partial charge on any atom is 0.0591 e. The van der Waals surface area contributed by atoms with Gasteiger partial charge in [0.15, 0.2) is 0 Å². The van der Waals surface area contributed by atoms with E-state index in [9.17, 15) is 0 Å². The first-order valence-corrected chi connectivity index (χ1v) is 6.68. The summed E-state index contributed by atoms with van der Waals surface area (Å²) in [5, 5.41) is 5.69. The molecule has 0 radical (unpaired) electrons. The monoisotopic (exact) mass is 239 g/mol. The van der Waals surface area contributed by atoms with E-state index < -0.39 is 0 Å². The number of benzene rings is 1. The molecule has 1 rings (SSSR count). The number of hydrogen-bond acceptors (Lipinski definition) is 3. The van der Waals surface area contributed by atoms with E-state index >= 15 is 0 Å². The molecule has 0 heterocycles. The first-order valence-electron chi connectivity index (χ1n) is 4.99. The molecule has 0 amide bonds. The molecule has 0 aliphatic rings. The van der Waals surface area contributed by atoms with E-state index in [4.69, 9.17) is 5.14 Å². The molecule has 0 unspecified atom stereocenters. The molecule has 2 N–H and O–H groups in total. The number of aryl methyl sites for hydroxylation is 1. The summed E-state index contributed by atoms with van der Waals surface area (Å²) < 4.78 is 1.21. The van der Waals surface area contributed by atoms with Crippen molar-refractivity contribution in [1.29, 1.82) is 0 Å². The van der Waals surface area contributed by atoms with Gasteiger partial charge in [-0.1, -0.05) is 42.5 Å². The van der Waals surface area contributed by atoms with Crippen molar-refractivity contribution >= 4 is 23.7 Å². The summed E-state index contributed by atoms with van der Waals surface area (Å²) in [7, 11) is 0. The summed E-state index contributed by atoms with van der Waals surface area (Å²) >= 11 is 3.11. The molecule has 0 spiro atoms. The van der Waals surface area contributed by atoms with Crippen LogP contribution >= 0.6 is 23.7 Å². The largest absolute Gasteiger partial charge is 0.273 e. The average molecular weight is 239 g/mol. The van der Waals surface area contributed by atoms with E-state index in [0.29, 0.717) is 0 Å². The maximum atomic E-state index is 5.69. The van der Waals surface area contributed by atoms with Gasteiger partial charge in [-0.2, -0.15) is 0 Å². The summed E-state index contributed by atoms with van der Waals surface area (Å²) in [4.78, 5) is 1.29. The van der Waals surface area contributed by atoms with Crippen LogP contribution in [-0.4, -0.2) is 0 Å². The molecule has 0 saturated heterocycles. The minimum atomic E-state index is 1.05. The predicted molar refractivity (Wildman–Crippen MR) is 71.8 cm³/mol. The lowest BCUT2D eigenvalue weighted by atomic mass is 10.2. The van der Waals surface area contributed by atoms with Crippen molar-refractivity contribution in [3.05, 3.63) is 39.6 Å². The van der Waals surface area contributed by atoms with Crippen LogP contribution in [0.4, 0.5) is 0 Å². The van der Waals surface area contributed by atoms with Crippen LogP contribution in [0.1, 0.15) is 25.8 Å². The highest BCUT2D eigenvalue weighted by molar-refractivity contribution is 8.21. The van der Waals surface area contributed by atoms with Crippen LogP contribution < -0.4 is 5.14 Å². The molecular weight excluding hydrogens is 222 g/mol. The summed E-state index contributed by atoms with van der Waals surface area (Å²) in [5.74, 6) is 0. The van der Waals surface area contributed by atoms with Crippen LogP contribution in [0.5, 0.6) is 0 Å². The number of hydrogen-bond donors (Lipinski definition) is 1. The highest BCUT2D eigenvalue weighted by Crippen LogP contribution is 2.36. The summed E-state index contributed by atoms with van der Waals surface area (Å²) in [5.41, 5.74) is 2.66. The first kappa shape index (κ1) is 12.7. The quantitative estimate of drug-likeness (QED) is 0.625. The number of allylic oxidation sites excluding steroid dienone is 1. The SMILES string of the molecule is CCC(C)=C(SN)Sc1ccccc1C. The van der Waals surface area contributed by atoms with Crippen LogP contribution in [0.15, 0.2) is 39.0 Å². The van der Waals surface area contributed by atoms with Crippen LogP contribution in [0.25, 0.3) is 0 Å². The van der Waals surface area contributed by atoms with Crippen LogP contribution in [0, 0.1) is 6.92 Å². The smallest absolute Gasteiger partial charge is 0.0591 e. The van der Waals surface area contributed by atoms with E-state index in [2.05, 4.69) is 45.0 Å². The zero-order valence-corrected chi connectivity index (χ0v) is 11.0. The van der Waals surface area contributed by atoms with Crippen molar-refractivity contribution in [2.45, 2.75) is 32.1 Å². The lowest BCUT2D eigenvalue weighted by Gasteiger charge is -2.09. The van der Waals surface area contributed by atoms with Crippen molar-refractivity contribution in [1.82, 2.24) is 0 Å². The molecule has 0 fully saturated rings. The lowest BCUT2D eigenvalue weighted by Crippen LogP contribution is -1.86. The molecule has 0 bridgehead atoms. The second-order valence-corrected chi connectivity index (χ2v) is 5.36. The van der Waals surface area contributed by atoms with E-state index in [1.54, 1.807) is 11.8 Å². The molecule has 0 aromatic heterocycles. The van der Waals surface area contributed by atoms with E-state index in [1.807, 2.05) is 0 Å². The van der Waals surface area contributed by atoms with Gasteiger partial charge in [-0.15, -0.1) is 0 Å². The topological polar surface area (TPSA) is 26.0 Å². The van der Waals surface area contributed by atoms with E-state index in [0.717, 1.165) is 6.42 Å². The Morgan fingerprint density at radius 2 is 2.00 bits per heavy atom. The highest BCUT2D eigenvalue weighted by atomic mass is 32.2. The third-order valence-electron chi connectivity index (χ3n) is 2.28. The number of thioether (sulfide) groups is 1. The van der Waals surface area contributed by atoms with Gasteiger partial charge in [0.05, 0.1) is 4.24 Å². The van der Waals surface area contributed by atoms with Gasteiger partial charge in [0.25, 0.3) is 0 Å². The molecule has 15 heavy (non-hydrogen) atoms. The average Bonchev–Trinajstić information content (AvgIpc) is 2.27. The zero-order valence-electron chi connectivity index (χ0n) is 9.41. The minimum absolute atomic E-state index is 1.05. The Balaban J connectivity index is 2.90. The van der Waals surface area contributed by atoms with Crippen LogP contribution in [0.2, 0.25) is 0 Å². The van der Waals surface area contributed by atoms with Gasteiger partial charge < -0.3 is 0 Å². The minimum Gasteiger partial charge on any atom is -0.273 e. The summed E-state index contributed by atoms with van der Waals surface area (Å²) in [6.07, 6.45) is 1.05. The first-order chi connectivity index (χ1) is 7.19. The normalized spacial score (nSPS) is 12.5. The lowest BCUT2D eigenvalue weighted by molar-refractivity contribution is 1.10. The van der Waals surface area contributed by atoms with Crippen LogP contribution in [-0.2, 0) is 0 Å². The second kappa shape index (κ2) is 6.26. The molecule has 1 nitrogen and oxygen atoms in total. The Labute approximate surface area is 101 Å². The molecule has 0 aliphatic heterocycles. The van der Waals surface area contributed by atoms with Gasteiger partial charge >= 0.3 is 0 Å². The van der Waals surface area contributed by atoms with Crippen LogP contribution in [0.3, 0.4) is 0 Å². The number of rotatable bonds is 4. The van der Waals surface area contributed by atoms with Crippen molar-refractivity contribution in [2.75, 3.05) is 0 Å². The van der Waals surface area contributed by atoms with Crippen molar-refractivity contribution in [3.8, 4) is 0 Å². The Morgan fingerprint density at radius 1 is 1.33 bits per heavy atom. The Morgan fingerprint density at radius 3 is 2.53 bits per heavy atom. The molecule has 82 valence electrons.